The van der Waals surface area contributed by atoms with Crippen LogP contribution < -0.4 is 0 Å². The lowest BCUT2D eigenvalue weighted by Crippen LogP contribution is -2.54. The fraction of sp³-hybridized carbons (Fsp3) is 1.00. The zero-order chi connectivity index (χ0) is 8.93. The van der Waals surface area contributed by atoms with Crippen molar-refractivity contribution in [1.82, 2.24) is 0 Å². The van der Waals surface area contributed by atoms with Gasteiger partial charge in [-0.15, -0.1) is 0 Å². The van der Waals surface area contributed by atoms with Gasteiger partial charge < -0.3 is 25.2 Å². The fourth-order valence-electron chi connectivity index (χ4n) is 1.66. The average Bonchev–Trinajstić information content (AvgIpc) is 2.71. The second-order valence-electron chi connectivity index (χ2n) is 3.48. The Morgan fingerprint density at radius 2 is 2.08 bits per heavy atom. The van der Waals surface area contributed by atoms with Crippen molar-refractivity contribution in [2.45, 2.75) is 36.4 Å². The molecule has 1 saturated carbocycles. The van der Waals surface area contributed by atoms with Gasteiger partial charge in [0, 0.05) is 6.42 Å². The van der Waals surface area contributed by atoms with Gasteiger partial charge in [0.25, 0.3) is 0 Å². The SMILES string of the molecule is OCC1OC2CC2(O)C(O)C1O. The molecule has 1 aliphatic heterocycles. The summed E-state index contributed by atoms with van der Waals surface area (Å²) in [6, 6.07) is 0. The first kappa shape index (κ1) is 8.40. The highest BCUT2D eigenvalue weighted by atomic mass is 16.6. The Kier molecular flexibility index (Phi) is 1.68. The minimum atomic E-state index is -1.27. The highest BCUT2D eigenvalue weighted by Crippen LogP contribution is 2.47. The molecule has 5 nitrogen and oxygen atoms in total. The smallest absolute Gasteiger partial charge is 0.122 e. The van der Waals surface area contributed by atoms with Crippen LogP contribution >= 0.6 is 0 Å². The molecule has 0 bridgehead atoms. The van der Waals surface area contributed by atoms with E-state index < -0.39 is 30.0 Å². The molecule has 0 radical (unpaired) electrons. The summed E-state index contributed by atoms with van der Waals surface area (Å²) in [6.45, 7) is -0.342. The summed E-state index contributed by atoms with van der Waals surface area (Å²) >= 11 is 0. The summed E-state index contributed by atoms with van der Waals surface area (Å²) in [5.74, 6) is 0. The minimum Gasteiger partial charge on any atom is -0.394 e. The molecular weight excluding hydrogens is 164 g/mol. The summed E-state index contributed by atoms with van der Waals surface area (Å²) in [4.78, 5) is 0. The van der Waals surface area contributed by atoms with E-state index in [1.54, 1.807) is 0 Å². The normalized spacial score (nSPS) is 58.0. The molecule has 1 aliphatic carbocycles. The molecule has 4 N–H and O–H groups in total. The van der Waals surface area contributed by atoms with Gasteiger partial charge >= 0.3 is 0 Å². The Morgan fingerprint density at radius 3 is 2.67 bits per heavy atom. The maximum atomic E-state index is 9.48. The Labute approximate surface area is 69.2 Å². The van der Waals surface area contributed by atoms with Crippen LogP contribution in [0.2, 0.25) is 0 Å². The Morgan fingerprint density at radius 1 is 1.42 bits per heavy atom. The first-order valence-corrected chi connectivity index (χ1v) is 3.94. The summed E-state index contributed by atoms with van der Waals surface area (Å²) < 4.78 is 5.09. The van der Waals surface area contributed by atoms with Crippen LogP contribution in [0, 0.1) is 0 Å². The molecule has 5 unspecified atom stereocenters. The second kappa shape index (κ2) is 2.40. The lowest BCUT2D eigenvalue weighted by Gasteiger charge is -2.33. The van der Waals surface area contributed by atoms with Crippen molar-refractivity contribution in [3.05, 3.63) is 0 Å². The summed E-state index contributed by atoms with van der Waals surface area (Å²) in [5, 5.41) is 36.9. The predicted octanol–water partition coefficient (Wildman–Crippen LogP) is -2.40. The predicted molar refractivity (Wildman–Crippen MR) is 37.3 cm³/mol. The highest BCUT2D eigenvalue weighted by Gasteiger charge is 2.66. The van der Waals surface area contributed by atoms with E-state index in [4.69, 9.17) is 9.84 Å². The molecule has 1 heterocycles. The topological polar surface area (TPSA) is 90.2 Å². The Bertz CT molecular complexity index is 196. The standard InChI is InChI=1S/C7H12O5/c8-2-3-5(9)6(10)7(11)1-4(7)12-3/h3-6,8-11H,1-2H2. The molecule has 0 aromatic heterocycles. The molecule has 0 spiro atoms. The molecule has 5 atom stereocenters. The first-order chi connectivity index (χ1) is 5.59. The number of aliphatic hydroxyl groups excluding tert-OH is 3. The van der Waals surface area contributed by atoms with E-state index in [2.05, 4.69) is 0 Å². The first-order valence-electron chi connectivity index (χ1n) is 3.94. The lowest BCUT2D eigenvalue weighted by molar-refractivity contribution is -0.197. The minimum absolute atomic E-state index is 0.335. The van der Waals surface area contributed by atoms with Gasteiger partial charge in [-0.1, -0.05) is 0 Å². The van der Waals surface area contributed by atoms with Crippen molar-refractivity contribution < 1.29 is 25.2 Å². The van der Waals surface area contributed by atoms with E-state index in [0.717, 1.165) is 0 Å². The van der Waals surface area contributed by atoms with Gasteiger partial charge in [0.15, 0.2) is 0 Å². The van der Waals surface area contributed by atoms with Gasteiger partial charge in [-0.3, -0.25) is 0 Å². The van der Waals surface area contributed by atoms with Crippen molar-refractivity contribution in [3.63, 3.8) is 0 Å². The number of ether oxygens (including phenoxy) is 1. The molecule has 5 heteroatoms. The number of aliphatic hydroxyl groups is 4. The van der Waals surface area contributed by atoms with E-state index in [0.29, 0.717) is 6.42 Å². The number of hydrogen-bond donors (Lipinski definition) is 4. The summed E-state index contributed by atoms with van der Waals surface area (Å²) in [5.41, 5.74) is -1.27. The zero-order valence-corrected chi connectivity index (χ0v) is 6.42. The van der Waals surface area contributed by atoms with Crippen LogP contribution in [0.15, 0.2) is 0 Å². The van der Waals surface area contributed by atoms with Crippen molar-refractivity contribution in [1.29, 1.82) is 0 Å². The van der Waals surface area contributed by atoms with Gasteiger partial charge in [-0.05, 0) is 0 Å². The third kappa shape index (κ3) is 0.915. The van der Waals surface area contributed by atoms with Crippen LogP contribution in [-0.4, -0.2) is 57.0 Å². The summed E-state index contributed by atoms with van der Waals surface area (Å²) in [7, 11) is 0. The number of fused-ring (bicyclic) bond motifs is 1. The van der Waals surface area contributed by atoms with Gasteiger partial charge in [0.05, 0.1) is 12.7 Å². The molecule has 1 saturated heterocycles. The largest absolute Gasteiger partial charge is 0.394 e. The van der Waals surface area contributed by atoms with Crippen molar-refractivity contribution >= 4 is 0 Å². The third-order valence-electron chi connectivity index (χ3n) is 2.65. The average molecular weight is 176 g/mol. The highest BCUT2D eigenvalue weighted by molar-refractivity contribution is 5.16. The van der Waals surface area contributed by atoms with E-state index in [9.17, 15) is 15.3 Å². The molecule has 0 aromatic rings. The monoisotopic (exact) mass is 176 g/mol. The molecule has 0 amide bonds. The van der Waals surface area contributed by atoms with E-state index in [1.807, 2.05) is 0 Å². The van der Waals surface area contributed by atoms with Crippen LogP contribution in [0.1, 0.15) is 6.42 Å². The van der Waals surface area contributed by atoms with Gasteiger partial charge in [-0.2, -0.15) is 0 Å². The van der Waals surface area contributed by atoms with Gasteiger partial charge in [0.1, 0.15) is 23.9 Å². The maximum absolute atomic E-state index is 9.48. The van der Waals surface area contributed by atoms with Crippen LogP contribution in [0.4, 0.5) is 0 Å². The van der Waals surface area contributed by atoms with Crippen molar-refractivity contribution in [3.8, 4) is 0 Å². The molecule has 0 aromatic carbocycles. The fourth-order valence-corrected chi connectivity index (χ4v) is 1.66. The molecule has 2 aliphatic rings. The summed E-state index contributed by atoms with van der Waals surface area (Å²) in [6.07, 6.45) is -3.25. The van der Waals surface area contributed by atoms with Crippen LogP contribution in [0.25, 0.3) is 0 Å². The molecule has 70 valence electrons. The Hall–Kier alpha value is -0.200. The van der Waals surface area contributed by atoms with E-state index in [1.165, 1.54) is 0 Å². The van der Waals surface area contributed by atoms with Crippen LogP contribution in [0.3, 0.4) is 0 Å². The number of rotatable bonds is 1. The zero-order valence-electron chi connectivity index (χ0n) is 6.42. The van der Waals surface area contributed by atoms with Gasteiger partial charge in [0.2, 0.25) is 0 Å². The molecule has 12 heavy (non-hydrogen) atoms. The molecule has 2 rings (SSSR count). The van der Waals surface area contributed by atoms with Crippen molar-refractivity contribution in [2.75, 3.05) is 6.61 Å². The van der Waals surface area contributed by atoms with Crippen molar-refractivity contribution in [2.24, 2.45) is 0 Å². The maximum Gasteiger partial charge on any atom is 0.122 e. The quantitative estimate of drug-likeness (QED) is 0.357. The third-order valence-corrected chi connectivity index (χ3v) is 2.65. The lowest BCUT2D eigenvalue weighted by atomic mass is 9.99. The van der Waals surface area contributed by atoms with Crippen LogP contribution in [0.5, 0.6) is 0 Å². The Balaban J connectivity index is 2.11. The molecular formula is C7H12O5. The number of hydrogen-bond acceptors (Lipinski definition) is 5. The van der Waals surface area contributed by atoms with E-state index in [-0.39, 0.29) is 6.61 Å². The van der Waals surface area contributed by atoms with E-state index >= 15 is 0 Å². The second-order valence-corrected chi connectivity index (χ2v) is 3.48. The molecule has 2 fully saturated rings. The van der Waals surface area contributed by atoms with Crippen LogP contribution in [-0.2, 0) is 4.74 Å². The van der Waals surface area contributed by atoms with Gasteiger partial charge in [-0.25, -0.2) is 0 Å².